The van der Waals surface area contributed by atoms with E-state index in [1.54, 1.807) is 20.8 Å². The van der Waals surface area contributed by atoms with Crippen molar-refractivity contribution in [2.45, 2.75) is 39.2 Å². The second-order valence-electron chi connectivity index (χ2n) is 9.16. The first-order valence-electron chi connectivity index (χ1n) is 13.4. The van der Waals surface area contributed by atoms with E-state index in [0.717, 1.165) is 0 Å². The highest BCUT2D eigenvalue weighted by atomic mass is 16.6. The predicted molar refractivity (Wildman–Crippen MR) is 143 cm³/mol. The molecule has 0 aliphatic heterocycles. The zero-order chi connectivity index (χ0) is 29.9. The van der Waals surface area contributed by atoms with Gasteiger partial charge in [-0.05, 0) is 33.6 Å². The molecule has 0 aromatic rings. The third-order valence-corrected chi connectivity index (χ3v) is 4.41. The number of nitrogens with one attached hydrogen (secondary N) is 6. The molecule has 234 valence electrons. The summed E-state index contributed by atoms with van der Waals surface area (Å²) in [5, 5.41) is 25.6. The molecule has 40 heavy (non-hydrogen) atoms. The summed E-state index contributed by atoms with van der Waals surface area (Å²) in [6.45, 7) is 10.1. The maximum absolute atomic E-state index is 11.7. The van der Waals surface area contributed by atoms with Crippen LogP contribution in [0.5, 0.6) is 0 Å². The lowest BCUT2D eigenvalue weighted by atomic mass is 10.2. The van der Waals surface area contributed by atoms with Gasteiger partial charge in [0.15, 0.2) is 0 Å². The standard InChI is InChI=1S/C24H48N6O10/c1-24(2,3)40-23(35)30-11-15-39-19-17-37-13-9-28-21(32)26-7-5-4-6-25-20(31)27-8-12-36-16-18-38-14-10-29-22(33)34/h29H,4-19H2,1-3H3,(H,30,35)(H,33,34)(H2,25,27,31)(H2,26,28,32)/p-1. The number of carbonyl (C=O) groups excluding carboxylic acids is 4. The molecule has 0 atom stereocenters. The van der Waals surface area contributed by atoms with Gasteiger partial charge < -0.3 is 65.5 Å². The zero-order valence-corrected chi connectivity index (χ0v) is 23.9. The molecule has 0 radical (unpaired) electrons. The number of rotatable bonds is 23. The Labute approximate surface area is 235 Å². The fourth-order valence-electron chi connectivity index (χ4n) is 2.66. The Balaban J connectivity index is 3.35. The SMILES string of the molecule is CC(C)(C)OC(=O)NCCOCCOCCNC(=O)NCCCCNC(=O)NCCOCCOCCNC(=O)[O-]. The van der Waals surface area contributed by atoms with Gasteiger partial charge in [0.1, 0.15) is 11.7 Å². The molecular formula is C24H47N6O10-. The van der Waals surface area contributed by atoms with Crippen LogP contribution in [0.15, 0.2) is 0 Å². The minimum Gasteiger partial charge on any atom is -0.530 e. The van der Waals surface area contributed by atoms with Gasteiger partial charge in [-0.1, -0.05) is 0 Å². The van der Waals surface area contributed by atoms with E-state index in [0.29, 0.717) is 91.8 Å². The van der Waals surface area contributed by atoms with Gasteiger partial charge in [0.05, 0.1) is 52.9 Å². The van der Waals surface area contributed by atoms with Crippen molar-refractivity contribution < 1.29 is 48.0 Å². The van der Waals surface area contributed by atoms with Crippen LogP contribution in [0.3, 0.4) is 0 Å². The summed E-state index contributed by atoms with van der Waals surface area (Å²) in [6, 6.07) is -0.597. The summed E-state index contributed by atoms with van der Waals surface area (Å²) in [7, 11) is 0. The first kappa shape index (κ1) is 36.9. The van der Waals surface area contributed by atoms with Gasteiger partial charge >= 0.3 is 18.2 Å². The molecule has 6 N–H and O–H groups in total. The van der Waals surface area contributed by atoms with Crippen LogP contribution in [0.2, 0.25) is 0 Å². The zero-order valence-electron chi connectivity index (χ0n) is 23.9. The summed E-state index contributed by atoms with van der Waals surface area (Å²) in [6.07, 6.45) is -0.428. The lowest BCUT2D eigenvalue weighted by Crippen LogP contribution is -2.39. The van der Waals surface area contributed by atoms with E-state index in [4.69, 9.17) is 23.7 Å². The summed E-state index contributed by atoms with van der Waals surface area (Å²) in [5.74, 6) is 0. The smallest absolute Gasteiger partial charge is 0.407 e. The van der Waals surface area contributed by atoms with Crippen molar-refractivity contribution in [3.8, 4) is 0 Å². The Morgan fingerprint density at radius 1 is 0.525 bits per heavy atom. The minimum absolute atomic E-state index is 0.154. The number of hydrogen-bond donors (Lipinski definition) is 6. The molecule has 0 rings (SSSR count). The molecule has 0 aliphatic carbocycles. The Bertz CT molecular complexity index is 694. The molecule has 0 aromatic carbocycles. The van der Waals surface area contributed by atoms with Gasteiger partial charge in [-0.2, -0.15) is 0 Å². The Morgan fingerprint density at radius 3 is 1.25 bits per heavy atom. The fraction of sp³-hybridized carbons (Fsp3) is 0.833. The molecule has 0 saturated carbocycles. The van der Waals surface area contributed by atoms with E-state index in [-0.39, 0.29) is 25.2 Å². The highest BCUT2D eigenvalue weighted by Crippen LogP contribution is 2.06. The number of ether oxygens (including phenoxy) is 5. The van der Waals surface area contributed by atoms with Crippen molar-refractivity contribution in [2.75, 3.05) is 92.1 Å². The molecule has 0 spiro atoms. The van der Waals surface area contributed by atoms with Gasteiger partial charge in [0.2, 0.25) is 0 Å². The van der Waals surface area contributed by atoms with Crippen LogP contribution in [0, 0.1) is 0 Å². The number of alkyl carbamates (subject to hydrolysis) is 1. The summed E-state index contributed by atoms with van der Waals surface area (Å²) in [4.78, 5) is 45.0. The van der Waals surface area contributed by atoms with Gasteiger partial charge in [-0.3, -0.25) is 0 Å². The van der Waals surface area contributed by atoms with Gasteiger partial charge in [-0.25, -0.2) is 14.4 Å². The van der Waals surface area contributed by atoms with E-state index >= 15 is 0 Å². The van der Waals surface area contributed by atoms with Gasteiger partial charge in [-0.15, -0.1) is 0 Å². The number of urea groups is 2. The highest BCUT2D eigenvalue weighted by Gasteiger charge is 2.15. The molecule has 6 amide bonds. The van der Waals surface area contributed by atoms with Crippen LogP contribution >= 0.6 is 0 Å². The largest absolute Gasteiger partial charge is 0.530 e. The van der Waals surface area contributed by atoms with Crippen LogP contribution in [0.1, 0.15) is 33.6 Å². The Morgan fingerprint density at radius 2 is 0.875 bits per heavy atom. The van der Waals surface area contributed by atoms with Crippen molar-refractivity contribution in [3.63, 3.8) is 0 Å². The molecule has 0 heterocycles. The maximum atomic E-state index is 11.7. The second-order valence-corrected chi connectivity index (χ2v) is 9.16. The monoisotopic (exact) mass is 579 g/mol. The molecule has 0 bridgehead atoms. The molecule has 0 saturated heterocycles. The number of amides is 6. The topological polar surface area (TPSA) is 210 Å². The molecule has 0 fully saturated rings. The minimum atomic E-state index is -1.34. The van der Waals surface area contributed by atoms with Gasteiger partial charge in [0, 0.05) is 39.3 Å². The van der Waals surface area contributed by atoms with Crippen molar-refractivity contribution in [1.29, 1.82) is 0 Å². The maximum Gasteiger partial charge on any atom is 0.407 e. The van der Waals surface area contributed by atoms with Crippen LogP contribution < -0.4 is 37.0 Å². The third-order valence-electron chi connectivity index (χ3n) is 4.41. The average Bonchev–Trinajstić information content (AvgIpc) is 2.87. The van der Waals surface area contributed by atoms with Crippen molar-refractivity contribution in [2.24, 2.45) is 0 Å². The number of carbonyl (C=O) groups is 4. The van der Waals surface area contributed by atoms with Crippen LogP contribution in [0.4, 0.5) is 19.2 Å². The van der Waals surface area contributed by atoms with E-state index < -0.39 is 17.8 Å². The Kier molecular flexibility index (Phi) is 23.0. The summed E-state index contributed by atoms with van der Waals surface area (Å²) < 4.78 is 26.2. The van der Waals surface area contributed by atoms with Crippen LogP contribution in [-0.4, -0.2) is 122 Å². The first-order valence-corrected chi connectivity index (χ1v) is 13.4. The number of hydrogen-bond acceptors (Lipinski definition) is 10. The van der Waals surface area contributed by atoms with Crippen LogP contribution in [-0.2, 0) is 23.7 Å². The Hall–Kier alpha value is -3.08. The summed E-state index contributed by atoms with van der Waals surface area (Å²) >= 11 is 0. The highest BCUT2D eigenvalue weighted by molar-refractivity contribution is 5.74. The average molecular weight is 580 g/mol. The lowest BCUT2D eigenvalue weighted by molar-refractivity contribution is -0.250. The normalized spacial score (nSPS) is 10.9. The van der Waals surface area contributed by atoms with Crippen molar-refractivity contribution in [3.05, 3.63) is 0 Å². The number of unbranched alkanes of at least 4 members (excludes halogenated alkanes) is 1. The van der Waals surface area contributed by atoms with Gasteiger partial charge in [0.25, 0.3) is 0 Å². The second kappa shape index (κ2) is 24.9. The molecule has 16 heteroatoms. The van der Waals surface area contributed by atoms with Crippen molar-refractivity contribution in [1.82, 2.24) is 31.9 Å². The van der Waals surface area contributed by atoms with E-state index in [2.05, 4.69) is 31.9 Å². The molecule has 0 unspecified atom stereocenters. The molecule has 0 aliphatic rings. The first-order chi connectivity index (χ1) is 19.1. The molecule has 16 nitrogen and oxygen atoms in total. The van der Waals surface area contributed by atoms with E-state index in [1.807, 2.05) is 0 Å². The van der Waals surface area contributed by atoms with E-state index in [1.165, 1.54) is 0 Å². The van der Waals surface area contributed by atoms with Crippen LogP contribution in [0.25, 0.3) is 0 Å². The van der Waals surface area contributed by atoms with Crippen molar-refractivity contribution >= 4 is 24.2 Å². The predicted octanol–water partition coefficient (Wildman–Crippen LogP) is -1.11. The molecular weight excluding hydrogens is 532 g/mol. The quantitative estimate of drug-likeness (QED) is 0.0804. The lowest BCUT2D eigenvalue weighted by Gasteiger charge is -2.19. The number of carboxylic acid groups (broad SMARTS) is 1. The third kappa shape index (κ3) is 29.5. The molecule has 0 aromatic heterocycles. The van der Waals surface area contributed by atoms with E-state index in [9.17, 15) is 24.3 Å². The fourth-order valence-corrected chi connectivity index (χ4v) is 2.66. The summed E-state index contributed by atoms with van der Waals surface area (Å²) in [5.41, 5.74) is -0.538.